The van der Waals surface area contributed by atoms with Crippen LogP contribution in [0.25, 0.3) is 0 Å². The molecule has 0 aromatic carbocycles. The van der Waals surface area contributed by atoms with Crippen LogP contribution in [0, 0.1) is 0 Å². The molecule has 14 heavy (non-hydrogen) atoms. The molecule has 2 fully saturated rings. The summed E-state index contributed by atoms with van der Waals surface area (Å²) >= 11 is 0. The molecule has 82 valence electrons. The minimum absolute atomic E-state index is 0.345. The Kier molecular flexibility index (Phi) is 2.51. The summed E-state index contributed by atoms with van der Waals surface area (Å²) in [6.45, 7) is 3.87. The van der Waals surface area contributed by atoms with Crippen LogP contribution in [0.3, 0.4) is 0 Å². The van der Waals surface area contributed by atoms with Gasteiger partial charge in [-0.1, -0.05) is 0 Å². The highest BCUT2D eigenvalue weighted by atomic mass is 19.1. The van der Waals surface area contributed by atoms with Gasteiger partial charge in [-0.2, -0.15) is 0 Å². The van der Waals surface area contributed by atoms with Crippen LogP contribution >= 0.6 is 0 Å². The average molecular weight is 206 g/mol. The van der Waals surface area contributed by atoms with Crippen molar-refractivity contribution in [3.63, 3.8) is 0 Å². The van der Waals surface area contributed by atoms with Crippen molar-refractivity contribution in [1.29, 1.82) is 0 Å². The molecule has 2 saturated heterocycles. The Bertz CT molecular complexity index is 219. The summed E-state index contributed by atoms with van der Waals surface area (Å²) in [4.78, 5) is 0. The second-order valence-electron chi connectivity index (χ2n) is 4.02. The van der Waals surface area contributed by atoms with Crippen LogP contribution < -0.4 is 0 Å². The van der Waals surface area contributed by atoms with Crippen LogP contribution in [0.1, 0.15) is 13.8 Å². The standard InChI is InChI=1S/C9H15FO4/c1-9(2)12-4-5-7(14-9)6(10)8(11-3)13-5/h5-8H,4H2,1-3H3/t5-,6+,7+,8?/m1/s1. The summed E-state index contributed by atoms with van der Waals surface area (Å²) in [5.41, 5.74) is 0. The Balaban J connectivity index is 2.07. The molecule has 2 rings (SSSR count). The Morgan fingerprint density at radius 1 is 1.43 bits per heavy atom. The Hall–Kier alpha value is -0.230. The first kappa shape index (κ1) is 10.3. The van der Waals surface area contributed by atoms with Crippen molar-refractivity contribution in [1.82, 2.24) is 0 Å². The van der Waals surface area contributed by atoms with Gasteiger partial charge in [0.05, 0.1) is 6.61 Å². The minimum atomic E-state index is -1.24. The van der Waals surface area contributed by atoms with E-state index in [1.165, 1.54) is 7.11 Å². The van der Waals surface area contributed by atoms with E-state index < -0.39 is 24.4 Å². The largest absolute Gasteiger partial charge is 0.353 e. The molecule has 2 aliphatic rings. The van der Waals surface area contributed by atoms with Crippen molar-refractivity contribution in [2.45, 2.75) is 44.3 Å². The van der Waals surface area contributed by atoms with E-state index in [0.29, 0.717) is 6.61 Å². The van der Waals surface area contributed by atoms with Gasteiger partial charge in [0.1, 0.15) is 12.2 Å². The number of fused-ring (bicyclic) bond motifs is 1. The lowest BCUT2D eigenvalue weighted by molar-refractivity contribution is -0.298. The third-order valence-corrected chi connectivity index (χ3v) is 2.50. The quantitative estimate of drug-likeness (QED) is 0.637. The summed E-state index contributed by atoms with van der Waals surface area (Å²) in [5, 5.41) is 0. The lowest BCUT2D eigenvalue weighted by atomic mass is 10.1. The Morgan fingerprint density at radius 3 is 2.79 bits per heavy atom. The van der Waals surface area contributed by atoms with Crippen molar-refractivity contribution in [2.24, 2.45) is 0 Å². The van der Waals surface area contributed by atoms with Crippen molar-refractivity contribution in [3.05, 3.63) is 0 Å². The number of rotatable bonds is 1. The highest BCUT2D eigenvalue weighted by Crippen LogP contribution is 2.34. The molecule has 0 radical (unpaired) electrons. The van der Waals surface area contributed by atoms with Gasteiger partial charge in [-0.3, -0.25) is 0 Å². The SMILES string of the molecule is COC1O[C@@H]2COC(C)(C)O[C@@H]2[C@@H]1F. The lowest BCUT2D eigenvalue weighted by Gasteiger charge is -2.37. The molecule has 4 atom stereocenters. The normalized spacial score (nSPS) is 46.3. The molecule has 0 aliphatic carbocycles. The van der Waals surface area contributed by atoms with Crippen LogP contribution in [-0.2, 0) is 18.9 Å². The number of alkyl halides is 1. The van der Waals surface area contributed by atoms with Gasteiger partial charge in [0.2, 0.25) is 0 Å². The predicted octanol–water partition coefficient (Wildman–Crippen LogP) is 0.847. The molecular formula is C9H15FO4. The molecule has 0 aromatic rings. The fourth-order valence-electron chi connectivity index (χ4n) is 1.79. The van der Waals surface area contributed by atoms with Crippen LogP contribution in [0.4, 0.5) is 4.39 Å². The number of hydrogen-bond donors (Lipinski definition) is 0. The fourth-order valence-corrected chi connectivity index (χ4v) is 1.79. The lowest BCUT2D eigenvalue weighted by Crippen LogP contribution is -2.49. The molecule has 0 amide bonds. The zero-order chi connectivity index (χ0) is 10.3. The van der Waals surface area contributed by atoms with E-state index in [9.17, 15) is 4.39 Å². The minimum Gasteiger partial charge on any atom is -0.353 e. The van der Waals surface area contributed by atoms with Gasteiger partial charge in [0, 0.05) is 7.11 Å². The first-order valence-electron chi connectivity index (χ1n) is 4.67. The summed E-state index contributed by atoms with van der Waals surface area (Å²) in [5.74, 6) is -0.739. The number of ether oxygens (including phenoxy) is 4. The van der Waals surface area contributed by atoms with E-state index in [-0.39, 0.29) is 6.10 Å². The van der Waals surface area contributed by atoms with E-state index in [4.69, 9.17) is 18.9 Å². The predicted molar refractivity (Wildman–Crippen MR) is 45.5 cm³/mol. The van der Waals surface area contributed by atoms with E-state index in [2.05, 4.69) is 0 Å². The van der Waals surface area contributed by atoms with Crippen molar-refractivity contribution in [2.75, 3.05) is 13.7 Å². The third-order valence-electron chi connectivity index (χ3n) is 2.50. The molecule has 5 heteroatoms. The summed E-state index contributed by atoms with van der Waals surface area (Å²) < 4.78 is 34.6. The monoisotopic (exact) mass is 206 g/mol. The van der Waals surface area contributed by atoms with Gasteiger partial charge >= 0.3 is 0 Å². The first-order chi connectivity index (χ1) is 6.53. The first-order valence-corrected chi connectivity index (χ1v) is 4.67. The van der Waals surface area contributed by atoms with E-state index in [0.717, 1.165) is 0 Å². The van der Waals surface area contributed by atoms with E-state index in [1.54, 1.807) is 13.8 Å². The smallest absolute Gasteiger partial charge is 0.191 e. The maximum Gasteiger partial charge on any atom is 0.191 e. The summed E-state index contributed by atoms with van der Waals surface area (Å²) in [6, 6.07) is 0. The zero-order valence-electron chi connectivity index (χ0n) is 8.53. The topological polar surface area (TPSA) is 36.9 Å². The van der Waals surface area contributed by atoms with Gasteiger partial charge in [-0.25, -0.2) is 4.39 Å². The molecule has 0 bridgehead atoms. The fraction of sp³-hybridized carbons (Fsp3) is 1.00. The van der Waals surface area contributed by atoms with Crippen LogP contribution in [0.2, 0.25) is 0 Å². The van der Waals surface area contributed by atoms with Crippen LogP contribution in [0.15, 0.2) is 0 Å². The summed E-state index contributed by atoms with van der Waals surface area (Å²) in [7, 11) is 1.42. The molecule has 0 N–H and O–H groups in total. The highest BCUT2D eigenvalue weighted by Gasteiger charge is 2.51. The van der Waals surface area contributed by atoms with Crippen molar-refractivity contribution >= 4 is 0 Å². The molecular weight excluding hydrogens is 191 g/mol. The molecule has 1 unspecified atom stereocenters. The Morgan fingerprint density at radius 2 is 2.14 bits per heavy atom. The van der Waals surface area contributed by atoms with Crippen LogP contribution in [-0.4, -0.2) is 44.2 Å². The third kappa shape index (κ3) is 1.65. The Labute approximate surface area is 82.3 Å². The summed E-state index contributed by atoms with van der Waals surface area (Å²) in [6.07, 6.45) is -3.01. The average Bonchev–Trinajstić information content (AvgIpc) is 2.42. The number of hydrogen-bond acceptors (Lipinski definition) is 4. The van der Waals surface area contributed by atoms with Gasteiger partial charge in [-0.05, 0) is 13.8 Å². The molecule has 2 aliphatic heterocycles. The maximum atomic E-state index is 13.6. The highest BCUT2D eigenvalue weighted by molar-refractivity contribution is 4.91. The van der Waals surface area contributed by atoms with Gasteiger partial charge in [0.25, 0.3) is 0 Å². The van der Waals surface area contributed by atoms with Gasteiger partial charge in [-0.15, -0.1) is 0 Å². The molecule has 0 saturated carbocycles. The molecule has 0 aromatic heterocycles. The maximum absolute atomic E-state index is 13.6. The van der Waals surface area contributed by atoms with E-state index >= 15 is 0 Å². The molecule has 4 nitrogen and oxygen atoms in total. The van der Waals surface area contributed by atoms with Crippen LogP contribution in [0.5, 0.6) is 0 Å². The number of methoxy groups -OCH3 is 1. The van der Waals surface area contributed by atoms with Gasteiger partial charge in [0.15, 0.2) is 18.2 Å². The molecule has 0 spiro atoms. The van der Waals surface area contributed by atoms with Gasteiger partial charge < -0.3 is 18.9 Å². The van der Waals surface area contributed by atoms with Crippen molar-refractivity contribution < 1.29 is 23.3 Å². The van der Waals surface area contributed by atoms with E-state index in [1.807, 2.05) is 0 Å². The van der Waals surface area contributed by atoms with Crippen molar-refractivity contribution in [3.8, 4) is 0 Å². The second-order valence-corrected chi connectivity index (χ2v) is 4.02. The number of halogens is 1. The second kappa shape index (κ2) is 3.41. The molecule has 2 heterocycles. The zero-order valence-corrected chi connectivity index (χ0v) is 8.53.